The molecular weight excluding hydrogens is 494 g/mol. The van der Waals surface area contributed by atoms with Crippen molar-refractivity contribution >= 4 is 39.9 Å². The standard InChI is InChI=1S/C31H28ClN5O/c1-36-15-17-37(18-16-36)27-12-9-21(10-13-27)24-11-14-28-29(19-24)35-30(34-28)22-5-7-23(8-6-22)31(38)33-26-4-2-3-25(32)20-26/h2-14,19-20H,15-18H2,1H3,(H,33,38)(H,34,35). The number of carbonyl (C=O) groups excluding carboxylic acids is 1. The molecule has 1 saturated heterocycles. The van der Waals surface area contributed by atoms with E-state index < -0.39 is 0 Å². The number of hydrogen-bond donors (Lipinski definition) is 2. The largest absolute Gasteiger partial charge is 0.369 e. The molecule has 6 rings (SSSR count). The Morgan fingerprint density at radius 3 is 2.29 bits per heavy atom. The third kappa shape index (κ3) is 5.14. The average molecular weight is 522 g/mol. The fourth-order valence-electron chi connectivity index (χ4n) is 4.80. The van der Waals surface area contributed by atoms with Crippen molar-refractivity contribution in [3.05, 3.63) is 102 Å². The zero-order chi connectivity index (χ0) is 26.1. The van der Waals surface area contributed by atoms with E-state index in [1.807, 2.05) is 24.3 Å². The highest BCUT2D eigenvalue weighted by Gasteiger charge is 2.14. The molecule has 1 fully saturated rings. The second-order valence-electron chi connectivity index (χ2n) is 9.70. The number of rotatable bonds is 5. The lowest BCUT2D eigenvalue weighted by Crippen LogP contribution is -2.44. The van der Waals surface area contributed by atoms with Crippen molar-refractivity contribution in [2.45, 2.75) is 0 Å². The SMILES string of the molecule is CN1CCN(c2ccc(-c3ccc4nc(-c5ccc(C(=O)Nc6cccc(Cl)c6)cc5)[nH]c4c3)cc2)CC1. The van der Waals surface area contributed by atoms with Crippen LogP contribution in [0.1, 0.15) is 10.4 Å². The Morgan fingerprint density at radius 1 is 0.842 bits per heavy atom. The van der Waals surface area contributed by atoms with Gasteiger partial charge in [-0.15, -0.1) is 0 Å². The van der Waals surface area contributed by atoms with Crippen molar-refractivity contribution in [3.8, 4) is 22.5 Å². The Bertz CT molecular complexity index is 1590. The van der Waals surface area contributed by atoms with Gasteiger partial charge in [0, 0.05) is 53.7 Å². The summed E-state index contributed by atoms with van der Waals surface area (Å²) in [5.74, 6) is 0.580. The molecule has 0 saturated carbocycles. The first-order valence-electron chi connectivity index (χ1n) is 12.7. The summed E-state index contributed by atoms with van der Waals surface area (Å²) in [7, 11) is 2.18. The van der Waals surface area contributed by atoms with E-state index in [0.29, 0.717) is 16.3 Å². The first kappa shape index (κ1) is 24.2. The Morgan fingerprint density at radius 2 is 1.55 bits per heavy atom. The maximum absolute atomic E-state index is 12.6. The molecule has 0 radical (unpaired) electrons. The van der Waals surface area contributed by atoms with E-state index >= 15 is 0 Å². The van der Waals surface area contributed by atoms with Gasteiger partial charge in [-0.25, -0.2) is 4.98 Å². The lowest BCUT2D eigenvalue weighted by molar-refractivity contribution is 0.102. The Balaban J connectivity index is 1.17. The molecule has 0 unspecified atom stereocenters. The number of aromatic nitrogens is 2. The minimum absolute atomic E-state index is 0.188. The zero-order valence-electron chi connectivity index (χ0n) is 21.1. The van der Waals surface area contributed by atoms with Gasteiger partial charge in [-0.05, 0) is 72.8 Å². The lowest BCUT2D eigenvalue weighted by atomic mass is 10.0. The second-order valence-corrected chi connectivity index (χ2v) is 10.1. The summed E-state index contributed by atoms with van der Waals surface area (Å²) < 4.78 is 0. The molecule has 5 aromatic rings. The molecule has 2 heterocycles. The number of amides is 1. The highest BCUT2D eigenvalue weighted by Crippen LogP contribution is 2.28. The smallest absolute Gasteiger partial charge is 0.255 e. The highest BCUT2D eigenvalue weighted by molar-refractivity contribution is 6.31. The number of H-pyrrole nitrogens is 1. The van der Waals surface area contributed by atoms with Gasteiger partial charge in [0.05, 0.1) is 11.0 Å². The molecule has 0 aliphatic carbocycles. The lowest BCUT2D eigenvalue weighted by Gasteiger charge is -2.34. The fraction of sp³-hybridized carbons (Fsp3) is 0.161. The average Bonchev–Trinajstić information content (AvgIpc) is 3.37. The minimum atomic E-state index is -0.188. The van der Waals surface area contributed by atoms with Crippen molar-refractivity contribution in [1.82, 2.24) is 14.9 Å². The number of aromatic amines is 1. The summed E-state index contributed by atoms with van der Waals surface area (Å²) in [5, 5.41) is 3.45. The van der Waals surface area contributed by atoms with Crippen LogP contribution < -0.4 is 10.2 Å². The molecule has 4 aromatic carbocycles. The number of fused-ring (bicyclic) bond motifs is 1. The van der Waals surface area contributed by atoms with Gasteiger partial charge in [0.2, 0.25) is 0 Å². The summed E-state index contributed by atoms with van der Waals surface area (Å²) in [6, 6.07) is 29.6. The van der Waals surface area contributed by atoms with Crippen LogP contribution in [-0.2, 0) is 0 Å². The number of nitrogens with zero attached hydrogens (tertiary/aromatic N) is 3. The van der Waals surface area contributed by atoms with Gasteiger partial charge < -0.3 is 20.1 Å². The molecule has 1 aliphatic heterocycles. The Kier molecular flexibility index (Phi) is 6.58. The molecule has 6 nitrogen and oxygen atoms in total. The molecular formula is C31H28ClN5O. The van der Waals surface area contributed by atoms with Crippen molar-refractivity contribution in [2.24, 2.45) is 0 Å². The van der Waals surface area contributed by atoms with Crippen LogP contribution in [-0.4, -0.2) is 54.0 Å². The van der Waals surface area contributed by atoms with E-state index in [4.69, 9.17) is 16.6 Å². The number of carbonyl (C=O) groups is 1. The predicted octanol–water partition coefficient (Wildman–Crippen LogP) is 6.55. The van der Waals surface area contributed by atoms with Crippen LogP contribution in [0.2, 0.25) is 5.02 Å². The quantitative estimate of drug-likeness (QED) is 0.275. The van der Waals surface area contributed by atoms with E-state index in [0.717, 1.165) is 54.2 Å². The van der Waals surface area contributed by atoms with Crippen LogP contribution in [0, 0.1) is 0 Å². The van der Waals surface area contributed by atoms with E-state index in [1.54, 1.807) is 30.3 Å². The van der Waals surface area contributed by atoms with E-state index in [9.17, 15) is 4.79 Å². The third-order valence-corrected chi connectivity index (χ3v) is 7.29. The molecule has 1 aliphatic rings. The van der Waals surface area contributed by atoms with Gasteiger partial charge in [0.15, 0.2) is 0 Å². The second kappa shape index (κ2) is 10.3. The van der Waals surface area contributed by atoms with Crippen LogP contribution in [0.25, 0.3) is 33.5 Å². The highest BCUT2D eigenvalue weighted by atomic mass is 35.5. The molecule has 7 heteroatoms. The van der Waals surface area contributed by atoms with Gasteiger partial charge in [-0.3, -0.25) is 4.79 Å². The number of piperazine rings is 1. The van der Waals surface area contributed by atoms with Gasteiger partial charge >= 0.3 is 0 Å². The molecule has 0 bridgehead atoms. The maximum atomic E-state index is 12.6. The number of halogens is 1. The summed E-state index contributed by atoms with van der Waals surface area (Å²) in [6.07, 6.45) is 0. The first-order valence-corrected chi connectivity index (χ1v) is 13.1. The number of anilines is 2. The Labute approximate surface area is 226 Å². The number of imidazole rings is 1. The van der Waals surface area contributed by atoms with E-state index in [-0.39, 0.29) is 5.91 Å². The maximum Gasteiger partial charge on any atom is 0.255 e. The monoisotopic (exact) mass is 521 g/mol. The van der Waals surface area contributed by atoms with Crippen LogP contribution in [0.15, 0.2) is 91.0 Å². The number of hydrogen-bond acceptors (Lipinski definition) is 4. The van der Waals surface area contributed by atoms with Gasteiger partial charge in [0.1, 0.15) is 5.82 Å². The summed E-state index contributed by atoms with van der Waals surface area (Å²) >= 11 is 6.02. The summed E-state index contributed by atoms with van der Waals surface area (Å²) in [5.41, 5.74) is 7.61. The van der Waals surface area contributed by atoms with E-state index in [1.165, 1.54) is 11.3 Å². The summed E-state index contributed by atoms with van der Waals surface area (Å²) in [6.45, 7) is 4.32. The number of likely N-dealkylation sites (N-methyl/N-ethyl adjacent to an activating group) is 1. The number of nitrogens with one attached hydrogen (secondary N) is 2. The third-order valence-electron chi connectivity index (χ3n) is 7.05. The molecule has 190 valence electrons. The van der Waals surface area contributed by atoms with Gasteiger partial charge in [-0.1, -0.05) is 48.0 Å². The molecule has 1 amide bonds. The molecule has 2 N–H and O–H groups in total. The van der Waals surface area contributed by atoms with Crippen molar-refractivity contribution < 1.29 is 4.79 Å². The van der Waals surface area contributed by atoms with Crippen LogP contribution in [0.3, 0.4) is 0 Å². The van der Waals surface area contributed by atoms with E-state index in [2.05, 4.69) is 63.5 Å². The van der Waals surface area contributed by atoms with Crippen molar-refractivity contribution in [3.63, 3.8) is 0 Å². The van der Waals surface area contributed by atoms with Crippen LogP contribution in [0.4, 0.5) is 11.4 Å². The number of benzene rings is 4. The van der Waals surface area contributed by atoms with Gasteiger partial charge in [-0.2, -0.15) is 0 Å². The minimum Gasteiger partial charge on any atom is -0.369 e. The molecule has 1 aromatic heterocycles. The van der Waals surface area contributed by atoms with Crippen molar-refractivity contribution in [2.75, 3.05) is 43.4 Å². The van der Waals surface area contributed by atoms with Crippen LogP contribution >= 0.6 is 11.6 Å². The van der Waals surface area contributed by atoms with Crippen LogP contribution in [0.5, 0.6) is 0 Å². The van der Waals surface area contributed by atoms with Gasteiger partial charge in [0.25, 0.3) is 5.91 Å². The summed E-state index contributed by atoms with van der Waals surface area (Å²) in [4.78, 5) is 25.7. The zero-order valence-corrected chi connectivity index (χ0v) is 21.9. The first-order chi connectivity index (χ1) is 18.5. The normalized spacial score (nSPS) is 14.1. The Hall–Kier alpha value is -4.13. The van der Waals surface area contributed by atoms with Crippen molar-refractivity contribution in [1.29, 1.82) is 0 Å². The topological polar surface area (TPSA) is 64.3 Å². The predicted molar refractivity (Wildman–Crippen MR) is 156 cm³/mol. The molecule has 38 heavy (non-hydrogen) atoms. The fourth-order valence-corrected chi connectivity index (χ4v) is 4.99. The molecule has 0 atom stereocenters. The molecule has 0 spiro atoms.